The third kappa shape index (κ3) is 5.41. The molecule has 0 bridgehead atoms. The molecule has 2 aromatic carbocycles. The predicted octanol–water partition coefficient (Wildman–Crippen LogP) is 5.73. The number of aryl methyl sites for hydroxylation is 1. The molecule has 0 radical (unpaired) electrons. The number of amides is 2. The highest BCUT2D eigenvalue weighted by Crippen LogP contribution is 2.34. The average Bonchev–Trinajstić information content (AvgIpc) is 2.85. The van der Waals surface area contributed by atoms with Crippen molar-refractivity contribution in [2.75, 3.05) is 36.4 Å². The Balaban J connectivity index is 1.35. The zero-order valence-electron chi connectivity index (χ0n) is 18.4. The van der Waals surface area contributed by atoms with Crippen LogP contribution >= 0.6 is 11.6 Å². The number of halogens is 4. The summed E-state index contributed by atoms with van der Waals surface area (Å²) in [6.07, 6.45) is -3.55. The summed E-state index contributed by atoms with van der Waals surface area (Å²) in [7, 11) is 0. The van der Waals surface area contributed by atoms with Crippen LogP contribution in [0.5, 0.6) is 0 Å². The second kappa shape index (κ2) is 9.89. The van der Waals surface area contributed by atoms with Crippen LogP contribution in [0.3, 0.4) is 0 Å². The van der Waals surface area contributed by atoms with Crippen molar-refractivity contribution in [2.45, 2.75) is 19.5 Å². The maximum Gasteiger partial charge on any atom is 0.416 e. The molecule has 6 nitrogen and oxygen atoms in total. The molecular formula is C24H23ClF3N5O. The number of alkyl halides is 3. The maximum absolute atomic E-state index is 13.0. The van der Waals surface area contributed by atoms with Crippen molar-refractivity contribution >= 4 is 29.1 Å². The summed E-state index contributed by atoms with van der Waals surface area (Å²) in [6.45, 7) is 3.90. The molecule has 1 N–H and O–H groups in total. The first-order chi connectivity index (χ1) is 16.2. The Morgan fingerprint density at radius 1 is 1.00 bits per heavy atom. The van der Waals surface area contributed by atoms with Crippen LogP contribution in [0.4, 0.5) is 29.5 Å². The van der Waals surface area contributed by atoms with Gasteiger partial charge in [-0.25, -0.2) is 4.79 Å². The molecule has 0 spiro atoms. The van der Waals surface area contributed by atoms with Crippen LogP contribution in [0, 0.1) is 0 Å². The van der Waals surface area contributed by atoms with Crippen molar-refractivity contribution in [1.82, 2.24) is 15.1 Å². The Morgan fingerprint density at radius 3 is 2.29 bits per heavy atom. The van der Waals surface area contributed by atoms with Gasteiger partial charge in [-0.1, -0.05) is 42.8 Å². The lowest BCUT2D eigenvalue weighted by molar-refractivity contribution is -0.137. The minimum atomic E-state index is -4.52. The van der Waals surface area contributed by atoms with E-state index in [9.17, 15) is 18.0 Å². The highest BCUT2D eigenvalue weighted by molar-refractivity contribution is 6.33. The van der Waals surface area contributed by atoms with Crippen LogP contribution in [-0.4, -0.2) is 47.3 Å². The minimum Gasteiger partial charge on any atom is -0.352 e. The molecule has 4 rings (SSSR count). The molecule has 1 aliphatic rings. The van der Waals surface area contributed by atoms with E-state index < -0.39 is 17.8 Å². The molecule has 10 heteroatoms. The minimum absolute atomic E-state index is 0.0414. The number of carbonyl (C=O) groups is 1. The summed E-state index contributed by atoms with van der Waals surface area (Å²) >= 11 is 5.98. The van der Waals surface area contributed by atoms with E-state index in [4.69, 9.17) is 11.6 Å². The Labute approximate surface area is 200 Å². The molecule has 1 aliphatic heterocycles. The van der Waals surface area contributed by atoms with Crippen LogP contribution in [-0.2, 0) is 12.6 Å². The monoisotopic (exact) mass is 489 g/mol. The number of carbonyl (C=O) groups excluding carboxylic acids is 1. The van der Waals surface area contributed by atoms with Gasteiger partial charge in [0, 0.05) is 31.7 Å². The van der Waals surface area contributed by atoms with Crippen molar-refractivity contribution in [3.63, 3.8) is 0 Å². The SMILES string of the molecule is CCc1ccc(-c2ccc(N3CCN(C(=O)Nc4cc(C(F)(F)F)ccc4Cl)CC3)nn2)cc1. The molecule has 0 atom stereocenters. The van der Waals surface area contributed by atoms with Gasteiger partial charge in [0.1, 0.15) is 0 Å². The highest BCUT2D eigenvalue weighted by atomic mass is 35.5. The van der Waals surface area contributed by atoms with Crippen molar-refractivity contribution in [1.29, 1.82) is 0 Å². The number of urea groups is 1. The van der Waals surface area contributed by atoms with E-state index in [0.29, 0.717) is 32.0 Å². The molecule has 1 aromatic heterocycles. The number of nitrogens with one attached hydrogen (secondary N) is 1. The Morgan fingerprint density at radius 2 is 1.71 bits per heavy atom. The van der Waals surface area contributed by atoms with Crippen molar-refractivity contribution < 1.29 is 18.0 Å². The molecule has 34 heavy (non-hydrogen) atoms. The fourth-order valence-electron chi connectivity index (χ4n) is 3.69. The number of rotatable bonds is 4. The van der Waals surface area contributed by atoms with Gasteiger partial charge in [0.2, 0.25) is 0 Å². The van der Waals surface area contributed by atoms with Gasteiger partial charge < -0.3 is 15.1 Å². The van der Waals surface area contributed by atoms with Crippen LogP contribution < -0.4 is 10.2 Å². The lowest BCUT2D eigenvalue weighted by Crippen LogP contribution is -2.50. The molecule has 178 valence electrons. The van der Waals surface area contributed by atoms with Crippen LogP contribution in [0.15, 0.2) is 54.6 Å². The third-order valence-corrected chi connectivity index (χ3v) is 6.06. The summed E-state index contributed by atoms with van der Waals surface area (Å²) < 4.78 is 38.9. The van der Waals surface area contributed by atoms with Crippen molar-refractivity contribution in [3.05, 3.63) is 70.7 Å². The normalized spacial score (nSPS) is 14.3. The number of hydrogen-bond donors (Lipinski definition) is 1. The lowest BCUT2D eigenvalue weighted by Gasteiger charge is -2.35. The van der Waals surface area contributed by atoms with Gasteiger partial charge in [-0.2, -0.15) is 13.2 Å². The third-order valence-electron chi connectivity index (χ3n) is 5.73. The maximum atomic E-state index is 13.0. The van der Waals surface area contributed by atoms with Crippen LogP contribution in [0.1, 0.15) is 18.1 Å². The van der Waals surface area contributed by atoms with Crippen molar-refractivity contribution in [3.8, 4) is 11.3 Å². The second-order valence-corrected chi connectivity index (χ2v) is 8.33. The lowest BCUT2D eigenvalue weighted by atomic mass is 10.1. The van der Waals surface area contributed by atoms with Gasteiger partial charge in [0.15, 0.2) is 5.82 Å². The summed E-state index contributed by atoms with van der Waals surface area (Å²) in [5, 5.41) is 11.2. The standard InChI is InChI=1S/C24H23ClF3N5O/c1-2-16-3-5-17(6-4-16)20-9-10-22(31-30-20)32-11-13-33(14-12-32)23(34)29-21-15-18(24(26,27)28)7-8-19(21)25/h3-10,15H,2,11-14H2,1H3,(H,29,34). The topological polar surface area (TPSA) is 61.4 Å². The average molecular weight is 490 g/mol. The Hall–Kier alpha value is -3.33. The van der Waals surface area contributed by atoms with E-state index in [0.717, 1.165) is 35.9 Å². The van der Waals surface area contributed by atoms with Gasteiger partial charge in [0.05, 0.1) is 22.0 Å². The molecule has 3 aromatic rings. The van der Waals surface area contributed by atoms with E-state index in [2.05, 4.69) is 34.6 Å². The van der Waals surface area contributed by atoms with E-state index in [1.54, 1.807) is 0 Å². The number of piperazine rings is 1. The number of aromatic nitrogens is 2. The molecule has 0 saturated carbocycles. The summed E-state index contributed by atoms with van der Waals surface area (Å²) in [5.74, 6) is 0.704. The van der Waals surface area contributed by atoms with E-state index >= 15 is 0 Å². The van der Waals surface area contributed by atoms with Gasteiger partial charge in [-0.3, -0.25) is 0 Å². The van der Waals surface area contributed by atoms with Gasteiger partial charge in [-0.15, -0.1) is 10.2 Å². The van der Waals surface area contributed by atoms with Crippen molar-refractivity contribution in [2.24, 2.45) is 0 Å². The Kier molecular flexibility index (Phi) is 6.92. The zero-order chi connectivity index (χ0) is 24.3. The first kappa shape index (κ1) is 23.8. The highest BCUT2D eigenvalue weighted by Gasteiger charge is 2.31. The quantitative estimate of drug-likeness (QED) is 0.508. The van der Waals surface area contributed by atoms with Crippen LogP contribution in [0.25, 0.3) is 11.3 Å². The zero-order valence-corrected chi connectivity index (χ0v) is 19.2. The number of nitrogens with zero attached hydrogens (tertiary/aromatic N) is 4. The fraction of sp³-hybridized carbons (Fsp3) is 0.292. The molecule has 0 unspecified atom stereocenters. The second-order valence-electron chi connectivity index (χ2n) is 7.92. The molecule has 1 saturated heterocycles. The molecule has 1 fully saturated rings. The smallest absolute Gasteiger partial charge is 0.352 e. The molecular weight excluding hydrogens is 467 g/mol. The van der Waals surface area contributed by atoms with Crippen LogP contribution in [0.2, 0.25) is 5.02 Å². The summed E-state index contributed by atoms with van der Waals surface area (Å²) in [4.78, 5) is 16.1. The first-order valence-electron chi connectivity index (χ1n) is 10.9. The molecule has 2 heterocycles. The summed E-state index contributed by atoms with van der Waals surface area (Å²) in [5.41, 5.74) is 2.08. The number of benzene rings is 2. The largest absolute Gasteiger partial charge is 0.416 e. The summed E-state index contributed by atoms with van der Waals surface area (Å²) in [6, 6.07) is 14.3. The molecule has 2 amide bonds. The first-order valence-corrected chi connectivity index (χ1v) is 11.2. The van der Waals surface area contributed by atoms with Gasteiger partial charge >= 0.3 is 12.2 Å². The fourth-order valence-corrected chi connectivity index (χ4v) is 3.85. The number of anilines is 2. The number of hydrogen-bond acceptors (Lipinski definition) is 4. The van der Waals surface area contributed by atoms with E-state index in [1.807, 2.05) is 29.2 Å². The predicted molar refractivity (Wildman–Crippen MR) is 126 cm³/mol. The van der Waals surface area contributed by atoms with E-state index in [-0.39, 0.29) is 10.7 Å². The van der Waals surface area contributed by atoms with E-state index in [1.165, 1.54) is 10.5 Å². The van der Waals surface area contributed by atoms with Gasteiger partial charge in [-0.05, 0) is 42.3 Å². The van der Waals surface area contributed by atoms with Gasteiger partial charge in [0.25, 0.3) is 0 Å². The molecule has 0 aliphatic carbocycles. The Bertz CT molecular complexity index is 1140.